The SMILES string of the molecule is CC(=O)OCC(=O)Nc1cccc2c1C(O)N(C1CCC(=O)NC1=O)C2=O. The largest absolute Gasteiger partial charge is 0.456 e. The third-order valence-electron chi connectivity index (χ3n) is 4.32. The zero-order valence-electron chi connectivity index (χ0n) is 14.4. The third-order valence-corrected chi connectivity index (χ3v) is 4.32. The molecule has 2 unspecified atom stereocenters. The summed E-state index contributed by atoms with van der Waals surface area (Å²) in [4.78, 5) is 59.8. The van der Waals surface area contributed by atoms with Gasteiger partial charge in [0.15, 0.2) is 12.8 Å². The van der Waals surface area contributed by atoms with Gasteiger partial charge in [0, 0.05) is 30.2 Å². The first-order valence-corrected chi connectivity index (χ1v) is 8.20. The van der Waals surface area contributed by atoms with E-state index in [1.807, 2.05) is 0 Å². The van der Waals surface area contributed by atoms with Gasteiger partial charge in [-0.2, -0.15) is 0 Å². The number of nitrogens with zero attached hydrogens (tertiary/aromatic N) is 1. The summed E-state index contributed by atoms with van der Waals surface area (Å²) in [6.07, 6.45) is -1.33. The number of ether oxygens (including phenoxy) is 1. The highest BCUT2D eigenvalue weighted by Gasteiger charge is 2.45. The van der Waals surface area contributed by atoms with Crippen molar-refractivity contribution in [1.29, 1.82) is 0 Å². The minimum absolute atomic E-state index is 0.0508. The Bertz CT molecular complexity index is 851. The van der Waals surface area contributed by atoms with Gasteiger partial charge in [0.2, 0.25) is 11.8 Å². The minimum Gasteiger partial charge on any atom is -0.456 e. The quantitative estimate of drug-likeness (QED) is 0.473. The van der Waals surface area contributed by atoms with Crippen LogP contribution in [0.2, 0.25) is 0 Å². The van der Waals surface area contributed by atoms with Crippen molar-refractivity contribution in [3.63, 3.8) is 0 Å². The Hall–Kier alpha value is -3.27. The highest BCUT2D eigenvalue weighted by molar-refractivity contribution is 6.07. The maximum absolute atomic E-state index is 12.7. The average Bonchev–Trinajstić information content (AvgIpc) is 2.86. The first kappa shape index (κ1) is 18.5. The highest BCUT2D eigenvalue weighted by atomic mass is 16.5. The molecule has 0 aromatic heterocycles. The molecule has 3 rings (SSSR count). The van der Waals surface area contributed by atoms with Crippen LogP contribution in [0.25, 0.3) is 0 Å². The molecule has 1 fully saturated rings. The Kier molecular flexibility index (Phi) is 4.91. The van der Waals surface area contributed by atoms with E-state index in [0.717, 1.165) is 11.8 Å². The number of aliphatic hydroxyl groups excluding tert-OH is 1. The molecule has 2 atom stereocenters. The van der Waals surface area contributed by atoms with E-state index in [2.05, 4.69) is 15.4 Å². The first-order chi connectivity index (χ1) is 12.8. The molecule has 27 heavy (non-hydrogen) atoms. The molecule has 0 aliphatic carbocycles. The summed E-state index contributed by atoms with van der Waals surface area (Å²) in [5, 5.41) is 15.3. The number of esters is 1. The number of piperidine rings is 1. The zero-order chi connectivity index (χ0) is 19.7. The van der Waals surface area contributed by atoms with Crippen molar-refractivity contribution in [2.24, 2.45) is 0 Å². The Balaban J connectivity index is 1.85. The number of hydrogen-bond donors (Lipinski definition) is 3. The maximum Gasteiger partial charge on any atom is 0.303 e. The third kappa shape index (κ3) is 3.51. The Morgan fingerprint density at radius 3 is 2.74 bits per heavy atom. The molecule has 2 aliphatic rings. The molecule has 0 bridgehead atoms. The van der Waals surface area contributed by atoms with Crippen molar-refractivity contribution in [2.75, 3.05) is 11.9 Å². The van der Waals surface area contributed by atoms with Crippen molar-refractivity contribution in [3.05, 3.63) is 29.3 Å². The fourth-order valence-electron chi connectivity index (χ4n) is 3.14. The lowest BCUT2D eigenvalue weighted by Crippen LogP contribution is -2.53. The monoisotopic (exact) mass is 375 g/mol. The molecule has 0 radical (unpaired) electrons. The Morgan fingerprint density at radius 2 is 2.07 bits per heavy atom. The van der Waals surface area contributed by atoms with Gasteiger partial charge in [-0.3, -0.25) is 34.2 Å². The zero-order valence-corrected chi connectivity index (χ0v) is 14.4. The second-order valence-corrected chi connectivity index (χ2v) is 6.15. The van der Waals surface area contributed by atoms with Crippen LogP contribution in [0, 0.1) is 0 Å². The van der Waals surface area contributed by atoms with Gasteiger partial charge < -0.3 is 15.2 Å². The molecular formula is C17H17N3O7. The van der Waals surface area contributed by atoms with E-state index in [1.54, 1.807) is 0 Å². The fourth-order valence-corrected chi connectivity index (χ4v) is 3.14. The van der Waals surface area contributed by atoms with Crippen LogP contribution in [-0.4, -0.2) is 52.3 Å². The highest BCUT2D eigenvalue weighted by Crippen LogP contribution is 2.39. The second kappa shape index (κ2) is 7.16. The van der Waals surface area contributed by atoms with E-state index >= 15 is 0 Å². The van der Waals surface area contributed by atoms with E-state index in [0.29, 0.717) is 0 Å². The van der Waals surface area contributed by atoms with E-state index in [9.17, 15) is 29.1 Å². The van der Waals surface area contributed by atoms with Crippen LogP contribution in [0.5, 0.6) is 0 Å². The van der Waals surface area contributed by atoms with Gasteiger partial charge >= 0.3 is 5.97 Å². The number of aliphatic hydroxyl groups is 1. The van der Waals surface area contributed by atoms with Gasteiger partial charge in [0.1, 0.15) is 6.04 Å². The molecule has 142 valence electrons. The molecule has 4 amide bonds. The Labute approximate surface area is 153 Å². The summed E-state index contributed by atoms with van der Waals surface area (Å²) < 4.78 is 4.61. The Morgan fingerprint density at radius 1 is 1.33 bits per heavy atom. The van der Waals surface area contributed by atoms with Gasteiger partial charge in [-0.05, 0) is 18.6 Å². The van der Waals surface area contributed by atoms with Crippen molar-refractivity contribution < 1.29 is 33.8 Å². The van der Waals surface area contributed by atoms with E-state index < -0.39 is 48.5 Å². The second-order valence-electron chi connectivity index (χ2n) is 6.15. The molecule has 2 aliphatic heterocycles. The molecule has 10 nitrogen and oxygen atoms in total. The number of anilines is 1. The number of rotatable bonds is 4. The topological polar surface area (TPSA) is 142 Å². The molecule has 10 heteroatoms. The molecule has 3 N–H and O–H groups in total. The number of nitrogens with one attached hydrogen (secondary N) is 2. The van der Waals surface area contributed by atoms with Gasteiger partial charge in [0.25, 0.3) is 11.8 Å². The van der Waals surface area contributed by atoms with Gasteiger partial charge in [0.05, 0.1) is 0 Å². The van der Waals surface area contributed by atoms with Crippen LogP contribution in [0.15, 0.2) is 18.2 Å². The standard InChI is InChI=1S/C17H17N3O7/c1-8(21)27-7-13(23)18-10-4-2-3-9-14(10)17(26)20(16(9)25)11-5-6-12(22)19-15(11)24/h2-4,11,17,26H,5-7H2,1H3,(H,18,23)(H,19,22,24). The number of imide groups is 1. The van der Waals surface area contributed by atoms with Gasteiger partial charge in [-0.1, -0.05) is 6.07 Å². The van der Waals surface area contributed by atoms with Crippen molar-refractivity contribution in [3.8, 4) is 0 Å². The lowest BCUT2D eigenvalue weighted by atomic mass is 10.0. The summed E-state index contributed by atoms with van der Waals surface area (Å²) >= 11 is 0. The summed E-state index contributed by atoms with van der Waals surface area (Å²) in [7, 11) is 0. The normalized spacial score (nSPS) is 21.6. The molecule has 2 heterocycles. The van der Waals surface area contributed by atoms with Gasteiger partial charge in [-0.25, -0.2) is 0 Å². The number of fused-ring (bicyclic) bond motifs is 1. The number of carbonyl (C=O) groups excluding carboxylic acids is 5. The van der Waals surface area contributed by atoms with Crippen molar-refractivity contribution in [2.45, 2.75) is 32.0 Å². The number of benzene rings is 1. The van der Waals surface area contributed by atoms with E-state index in [1.165, 1.54) is 18.2 Å². The lowest BCUT2D eigenvalue weighted by molar-refractivity contribution is -0.145. The van der Waals surface area contributed by atoms with Crippen LogP contribution >= 0.6 is 0 Å². The van der Waals surface area contributed by atoms with Crippen LogP contribution in [-0.2, 0) is 23.9 Å². The number of hydrogen-bond acceptors (Lipinski definition) is 7. The maximum atomic E-state index is 12.7. The molecule has 1 aromatic carbocycles. The number of carbonyl (C=O) groups is 5. The van der Waals surface area contributed by atoms with Crippen LogP contribution < -0.4 is 10.6 Å². The molecule has 1 aromatic rings. The predicted octanol–water partition coefficient (Wildman–Crippen LogP) is -0.560. The summed E-state index contributed by atoms with van der Waals surface area (Å²) in [6, 6.07) is 3.46. The van der Waals surface area contributed by atoms with Crippen LogP contribution in [0.3, 0.4) is 0 Å². The van der Waals surface area contributed by atoms with Crippen LogP contribution in [0.1, 0.15) is 41.9 Å². The molecular weight excluding hydrogens is 358 g/mol. The van der Waals surface area contributed by atoms with E-state index in [4.69, 9.17) is 0 Å². The molecule has 0 saturated carbocycles. The first-order valence-electron chi connectivity index (χ1n) is 8.20. The summed E-state index contributed by atoms with van der Waals surface area (Å²) in [5.74, 6) is -2.94. The van der Waals surface area contributed by atoms with Crippen LogP contribution in [0.4, 0.5) is 5.69 Å². The van der Waals surface area contributed by atoms with Crippen molar-refractivity contribution in [1.82, 2.24) is 10.2 Å². The predicted molar refractivity (Wildman–Crippen MR) is 89.0 cm³/mol. The minimum atomic E-state index is -1.47. The molecule has 0 spiro atoms. The summed E-state index contributed by atoms with van der Waals surface area (Å²) in [5.41, 5.74) is 0.446. The average molecular weight is 375 g/mol. The van der Waals surface area contributed by atoms with Gasteiger partial charge in [-0.15, -0.1) is 0 Å². The number of amides is 4. The molecule has 1 saturated heterocycles. The lowest BCUT2D eigenvalue weighted by Gasteiger charge is -2.32. The summed E-state index contributed by atoms with van der Waals surface area (Å²) in [6.45, 7) is 0.646. The van der Waals surface area contributed by atoms with Crippen molar-refractivity contribution >= 4 is 35.3 Å². The fraction of sp³-hybridized carbons (Fsp3) is 0.353. The van der Waals surface area contributed by atoms with E-state index in [-0.39, 0.29) is 29.7 Å². The smallest absolute Gasteiger partial charge is 0.303 e.